The first-order chi connectivity index (χ1) is 7.88. The Balaban J connectivity index is 1.57. The minimum absolute atomic E-state index is 0.844. The second kappa shape index (κ2) is 6.64. The predicted molar refractivity (Wildman–Crippen MR) is 70.6 cm³/mol. The van der Waals surface area contributed by atoms with Crippen LogP contribution in [-0.2, 0) is 0 Å². The van der Waals surface area contributed by atoms with Crippen LogP contribution in [0, 0.1) is 11.8 Å². The van der Waals surface area contributed by atoms with Gasteiger partial charge in [-0.1, -0.05) is 45.4 Å². The molecule has 1 nitrogen and oxygen atoms in total. The van der Waals surface area contributed by atoms with Gasteiger partial charge in [0.05, 0.1) is 0 Å². The standard InChI is InChI=1S/C15H29N/c1-2-13-5-4-8-15(10-9-13)16-12-11-14-6-3-7-14/h13-16H,2-12H2,1H3. The third-order valence-electron chi connectivity index (χ3n) is 4.88. The first-order valence-electron chi connectivity index (χ1n) is 7.62. The van der Waals surface area contributed by atoms with Gasteiger partial charge in [0, 0.05) is 6.04 Å². The van der Waals surface area contributed by atoms with Gasteiger partial charge in [0.15, 0.2) is 0 Å². The Hall–Kier alpha value is -0.0400. The lowest BCUT2D eigenvalue weighted by molar-refractivity contribution is 0.284. The molecule has 0 aromatic heterocycles. The molecule has 0 spiro atoms. The zero-order valence-electron chi connectivity index (χ0n) is 11.0. The monoisotopic (exact) mass is 223 g/mol. The molecule has 0 saturated heterocycles. The minimum Gasteiger partial charge on any atom is -0.314 e. The largest absolute Gasteiger partial charge is 0.314 e. The summed E-state index contributed by atoms with van der Waals surface area (Å²) in [6.07, 6.45) is 14.6. The van der Waals surface area contributed by atoms with Gasteiger partial charge in [-0.05, 0) is 44.1 Å². The van der Waals surface area contributed by atoms with E-state index in [4.69, 9.17) is 0 Å². The van der Waals surface area contributed by atoms with Crippen molar-refractivity contribution in [1.29, 1.82) is 0 Å². The van der Waals surface area contributed by atoms with Crippen molar-refractivity contribution in [3.63, 3.8) is 0 Å². The fourth-order valence-corrected chi connectivity index (χ4v) is 3.26. The normalized spacial score (nSPS) is 32.1. The van der Waals surface area contributed by atoms with E-state index in [2.05, 4.69) is 12.2 Å². The van der Waals surface area contributed by atoms with Crippen molar-refractivity contribution in [1.82, 2.24) is 5.32 Å². The summed E-state index contributed by atoms with van der Waals surface area (Å²) in [6, 6.07) is 0.844. The van der Waals surface area contributed by atoms with Crippen LogP contribution < -0.4 is 5.32 Å². The van der Waals surface area contributed by atoms with Crippen LogP contribution in [0.4, 0.5) is 0 Å². The first kappa shape index (κ1) is 12.4. The van der Waals surface area contributed by atoms with Crippen LogP contribution in [0.15, 0.2) is 0 Å². The molecular formula is C15H29N. The lowest BCUT2D eigenvalue weighted by Crippen LogP contribution is -2.31. The molecule has 2 atom stereocenters. The van der Waals surface area contributed by atoms with Crippen LogP contribution in [0.5, 0.6) is 0 Å². The number of hydrogen-bond acceptors (Lipinski definition) is 1. The summed E-state index contributed by atoms with van der Waals surface area (Å²) >= 11 is 0. The summed E-state index contributed by atoms with van der Waals surface area (Å²) in [5.74, 6) is 2.10. The van der Waals surface area contributed by atoms with Crippen molar-refractivity contribution in [2.45, 2.75) is 77.2 Å². The van der Waals surface area contributed by atoms with Gasteiger partial charge >= 0.3 is 0 Å². The molecule has 2 saturated carbocycles. The van der Waals surface area contributed by atoms with Crippen LogP contribution in [-0.4, -0.2) is 12.6 Å². The van der Waals surface area contributed by atoms with Crippen LogP contribution in [0.2, 0.25) is 0 Å². The van der Waals surface area contributed by atoms with Gasteiger partial charge in [-0.3, -0.25) is 0 Å². The van der Waals surface area contributed by atoms with Gasteiger partial charge in [-0.25, -0.2) is 0 Å². The van der Waals surface area contributed by atoms with E-state index in [1.807, 2.05) is 0 Å². The van der Waals surface area contributed by atoms with Crippen molar-refractivity contribution in [2.24, 2.45) is 11.8 Å². The average molecular weight is 223 g/mol. The van der Waals surface area contributed by atoms with Gasteiger partial charge < -0.3 is 5.32 Å². The van der Waals surface area contributed by atoms with Gasteiger partial charge in [0.1, 0.15) is 0 Å². The molecule has 0 aromatic carbocycles. The zero-order valence-corrected chi connectivity index (χ0v) is 11.0. The molecule has 0 heterocycles. The van der Waals surface area contributed by atoms with Crippen LogP contribution in [0.3, 0.4) is 0 Å². The molecule has 0 radical (unpaired) electrons. The molecule has 94 valence electrons. The number of rotatable bonds is 5. The molecule has 2 fully saturated rings. The average Bonchev–Trinajstić information content (AvgIpc) is 2.47. The molecule has 16 heavy (non-hydrogen) atoms. The zero-order chi connectivity index (χ0) is 11.2. The summed E-state index contributed by atoms with van der Waals surface area (Å²) in [7, 11) is 0. The van der Waals surface area contributed by atoms with Gasteiger partial charge in [-0.2, -0.15) is 0 Å². The summed E-state index contributed by atoms with van der Waals surface area (Å²) in [4.78, 5) is 0. The first-order valence-corrected chi connectivity index (χ1v) is 7.62. The topological polar surface area (TPSA) is 12.0 Å². The van der Waals surface area contributed by atoms with Crippen molar-refractivity contribution >= 4 is 0 Å². The molecule has 2 rings (SSSR count). The van der Waals surface area contributed by atoms with E-state index in [-0.39, 0.29) is 0 Å². The summed E-state index contributed by atoms with van der Waals surface area (Å²) < 4.78 is 0. The lowest BCUT2D eigenvalue weighted by Gasteiger charge is -2.26. The summed E-state index contributed by atoms with van der Waals surface area (Å²) in [5, 5.41) is 3.81. The molecule has 2 aliphatic rings. The quantitative estimate of drug-likeness (QED) is 0.691. The van der Waals surface area contributed by atoms with E-state index < -0.39 is 0 Å². The van der Waals surface area contributed by atoms with Crippen molar-refractivity contribution in [3.8, 4) is 0 Å². The molecule has 1 heteroatoms. The molecule has 2 aliphatic carbocycles. The second-order valence-electron chi connectivity index (χ2n) is 6.02. The maximum Gasteiger partial charge on any atom is 0.00671 e. The maximum absolute atomic E-state index is 3.81. The highest BCUT2D eigenvalue weighted by molar-refractivity contribution is 4.76. The van der Waals surface area contributed by atoms with E-state index in [0.717, 1.165) is 17.9 Å². The van der Waals surface area contributed by atoms with Crippen molar-refractivity contribution in [2.75, 3.05) is 6.54 Å². The summed E-state index contributed by atoms with van der Waals surface area (Å²) in [5.41, 5.74) is 0. The van der Waals surface area contributed by atoms with Crippen LogP contribution in [0.1, 0.15) is 71.1 Å². The van der Waals surface area contributed by atoms with Crippen LogP contribution in [0.25, 0.3) is 0 Å². The Bertz CT molecular complexity index is 186. The van der Waals surface area contributed by atoms with E-state index in [1.54, 1.807) is 0 Å². The van der Waals surface area contributed by atoms with Crippen molar-refractivity contribution < 1.29 is 0 Å². The maximum atomic E-state index is 3.81. The van der Waals surface area contributed by atoms with Crippen LogP contribution >= 0.6 is 0 Å². The Labute approximate surface area is 101 Å². The molecule has 0 amide bonds. The SMILES string of the molecule is CCC1CCCC(NCCC2CCC2)CC1. The Morgan fingerprint density at radius 3 is 2.31 bits per heavy atom. The Kier molecular flexibility index (Phi) is 5.15. The molecule has 2 unspecified atom stereocenters. The highest BCUT2D eigenvalue weighted by Gasteiger charge is 2.19. The van der Waals surface area contributed by atoms with E-state index in [1.165, 1.54) is 70.8 Å². The van der Waals surface area contributed by atoms with Gasteiger partial charge in [-0.15, -0.1) is 0 Å². The third kappa shape index (κ3) is 3.76. The highest BCUT2D eigenvalue weighted by Crippen LogP contribution is 2.29. The molecule has 0 aromatic rings. The van der Waals surface area contributed by atoms with Gasteiger partial charge in [0.2, 0.25) is 0 Å². The second-order valence-corrected chi connectivity index (χ2v) is 6.02. The van der Waals surface area contributed by atoms with E-state index >= 15 is 0 Å². The number of hydrogen-bond donors (Lipinski definition) is 1. The Morgan fingerprint density at radius 1 is 0.875 bits per heavy atom. The fraction of sp³-hybridized carbons (Fsp3) is 1.00. The Morgan fingerprint density at radius 2 is 1.62 bits per heavy atom. The molecular weight excluding hydrogens is 194 g/mol. The lowest BCUT2D eigenvalue weighted by atomic mass is 9.83. The highest BCUT2D eigenvalue weighted by atomic mass is 14.9. The smallest absolute Gasteiger partial charge is 0.00671 e. The fourth-order valence-electron chi connectivity index (χ4n) is 3.26. The molecule has 0 bridgehead atoms. The number of nitrogens with one attached hydrogen (secondary N) is 1. The van der Waals surface area contributed by atoms with E-state index in [0.29, 0.717) is 0 Å². The molecule has 1 N–H and O–H groups in total. The molecule has 0 aliphatic heterocycles. The predicted octanol–water partition coefficient (Wildman–Crippen LogP) is 4.13. The van der Waals surface area contributed by atoms with Crippen molar-refractivity contribution in [3.05, 3.63) is 0 Å². The van der Waals surface area contributed by atoms with E-state index in [9.17, 15) is 0 Å². The third-order valence-corrected chi connectivity index (χ3v) is 4.88. The summed E-state index contributed by atoms with van der Waals surface area (Å²) in [6.45, 7) is 3.64. The van der Waals surface area contributed by atoms with Gasteiger partial charge in [0.25, 0.3) is 0 Å². The minimum atomic E-state index is 0.844.